The molecule has 3 aromatic carbocycles. The summed E-state index contributed by atoms with van der Waals surface area (Å²) < 4.78 is 5.80. The lowest BCUT2D eigenvalue weighted by Gasteiger charge is -2.36. The first kappa shape index (κ1) is 21.6. The number of piperazine rings is 1. The van der Waals surface area contributed by atoms with Crippen molar-refractivity contribution < 1.29 is 14.3 Å². The van der Waals surface area contributed by atoms with Gasteiger partial charge in [0, 0.05) is 48.2 Å². The van der Waals surface area contributed by atoms with Crippen LogP contribution < -0.4 is 4.90 Å². The molecular weight excluding hydrogens is 432 g/mol. The quantitative estimate of drug-likeness (QED) is 0.433. The predicted molar refractivity (Wildman–Crippen MR) is 133 cm³/mol. The Morgan fingerprint density at radius 1 is 1.00 bits per heavy atom. The molecule has 168 valence electrons. The van der Waals surface area contributed by atoms with Crippen LogP contribution in [0.5, 0.6) is 0 Å². The van der Waals surface area contributed by atoms with E-state index in [4.69, 9.17) is 4.74 Å². The zero-order chi connectivity index (χ0) is 22.9. The monoisotopic (exact) mass is 458 g/mol. The van der Waals surface area contributed by atoms with Gasteiger partial charge in [0.2, 0.25) is 0 Å². The molecule has 1 fully saturated rings. The van der Waals surface area contributed by atoms with Crippen LogP contribution in [-0.2, 0) is 4.74 Å². The number of rotatable bonds is 4. The molecule has 1 amide bonds. The highest BCUT2D eigenvalue weighted by molar-refractivity contribution is 7.80. The number of amides is 1. The molecule has 1 saturated heterocycles. The van der Waals surface area contributed by atoms with Crippen LogP contribution in [0.2, 0.25) is 0 Å². The van der Waals surface area contributed by atoms with Gasteiger partial charge in [-0.2, -0.15) is 0 Å². The van der Waals surface area contributed by atoms with E-state index in [1.165, 1.54) is 22.3 Å². The Bertz CT molecular complexity index is 1170. The van der Waals surface area contributed by atoms with E-state index in [1.54, 1.807) is 4.90 Å². The lowest BCUT2D eigenvalue weighted by molar-refractivity contribution is 0.0976. The SMILES string of the molecule is Cc1c(S)cc(N2CCN(C(=O)OCC3c4ccccc4-c4ccccc43)CC2)cc1C=O. The molecule has 2 aliphatic rings. The molecule has 0 radical (unpaired) electrons. The summed E-state index contributed by atoms with van der Waals surface area (Å²) in [5.74, 6) is 0.0609. The third-order valence-electron chi connectivity index (χ3n) is 6.77. The molecule has 33 heavy (non-hydrogen) atoms. The van der Waals surface area contributed by atoms with Gasteiger partial charge in [0.1, 0.15) is 12.9 Å². The summed E-state index contributed by atoms with van der Waals surface area (Å²) in [4.78, 5) is 29.0. The number of aldehydes is 1. The number of carbonyl (C=O) groups excluding carboxylic acids is 2. The molecule has 0 atom stereocenters. The van der Waals surface area contributed by atoms with Crippen molar-refractivity contribution in [3.8, 4) is 11.1 Å². The van der Waals surface area contributed by atoms with Gasteiger partial charge in [0.05, 0.1) is 0 Å². The summed E-state index contributed by atoms with van der Waals surface area (Å²) >= 11 is 4.50. The van der Waals surface area contributed by atoms with Crippen molar-refractivity contribution in [2.24, 2.45) is 0 Å². The summed E-state index contributed by atoms with van der Waals surface area (Å²) in [6.45, 7) is 4.73. The van der Waals surface area contributed by atoms with Crippen LogP contribution in [0.15, 0.2) is 65.6 Å². The zero-order valence-electron chi connectivity index (χ0n) is 18.5. The van der Waals surface area contributed by atoms with Crippen LogP contribution in [0.3, 0.4) is 0 Å². The highest BCUT2D eigenvalue weighted by Gasteiger charge is 2.30. The number of carbonyl (C=O) groups is 2. The summed E-state index contributed by atoms with van der Waals surface area (Å²) in [6.07, 6.45) is 0.592. The molecular formula is C27H26N2O3S. The molecule has 0 aromatic heterocycles. The van der Waals surface area contributed by atoms with Crippen molar-refractivity contribution >= 4 is 30.7 Å². The summed E-state index contributed by atoms with van der Waals surface area (Å²) in [6, 6.07) is 20.6. The average molecular weight is 459 g/mol. The van der Waals surface area contributed by atoms with Crippen LogP contribution >= 0.6 is 12.6 Å². The van der Waals surface area contributed by atoms with Gasteiger partial charge in [-0.25, -0.2) is 4.79 Å². The molecule has 5 rings (SSSR count). The Morgan fingerprint density at radius 3 is 2.21 bits per heavy atom. The fraction of sp³-hybridized carbons (Fsp3) is 0.259. The summed E-state index contributed by atoms with van der Waals surface area (Å²) in [7, 11) is 0. The van der Waals surface area contributed by atoms with E-state index in [0.29, 0.717) is 38.3 Å². The maximum absolute atomic E-state index is 12.8. The van der Waals surface area contributed by atoms with E-state index in [-0.39, 0.29) is 12.0 Å². The zero-order valence-corrected chi connectivity index (χ0v) is 19.4. The first-order chi connectivity index (χ1) is 16.1. The summed E-state index contributed by atoms with van der Waals surface area (Å²) in [5.41, 5.74) is 7.36. The average Bonchev–Trinajstić information content (AvgIpc) is 3.18. The third-order valence-corrected chi connectivity index (χ3v) is 7.24. The van der Waals surface area contributed by atoms with E-state index in [0.717, 1.165) is 22.4 Å². The Morgan fingerprint density at radius 2 is 1.61 bits per heavy atom. The maximum Gasteiger partial charge on any atom is 0.409 e. The van der Waals surface area contributed by atoms with E-state index in [9.17, 15) is 9.59 Å². The van der Waals surface area contributed by atoms with Crippen molar-refractivity contribution in [1.29, 1.82) is 0 Å². The Kier molecular flexibility index (Phi) is 5.85. The number of benzene rings is 3. The van der Waals surface area contributed by atoms with Gasteiger partial charge in [0.25, 0.3) is 0 Å². The molecule has 1 aliphatic heterocycles. The lowest BCUT2D eigenvalue weighted by atomic mass is 9.98. The van der Waals surface area contributed by atoms with Gasteiger partial charge in [-0.3, -0.25) is 4.79 Å². The van der Waals surface area contributed by atoms with Crippen LogP contribution in [0.1, 0.15) is 33.0 Å². The van der Waals surface area contributed by atoms with Gasteiger partial charge >= 0.3 is 6.09 Å². The minimum Gasteiger partial charge on any atom is -0.448 e. The van der Waals surface area contributed by atoms with Crippen molar-refractivity contribution in [3.05, 3.63) is 82.9 Å². The molecule has 0 spiro atoms. The van der Waals surface area contributed by atoms with Crippen LogP contribution in [0, 0.1) is 6.92 Å². The molecule has 0 unspecified atom stereocenters. The largest absolute Gasteiger partial charge is 0.448 e. The van der Waals surface area contributed by atoms with E-state index in [2.05, 4.69) is 41.8 Å². The molecule has 1 heterocycles. The fourth-order valence-corrected chi connectivity index (χ4v) is 5.10. The minimum atomic E-state index is -0.274. The standard InChI is InChI=1S/C27H26N2O3S/c1-18-19(16-30)14-20(15-26(18)33)28-10-12-29(13-11-28)27(31)32-17-25-23-8-4-2-6-21(23)22-7-3-5-9-24(22)25/h2-9,14-16,25,33H,10-13,17H2,1H3. The molecule has 6 heteroatoms. The number of nitrogens with zero attached hydrogens (tertiary/aromatic N) is 2. The predicted octanol–water partition coefficient (Wildman–Crippen LogP) is 5.17. The van der Waals surface area contributed by atoms with E-state index < -0.39 is 0 Å². The first-order valence-corrected chi connectivity index (χ1v) is 11.6. The van der Waals surface area contributed by atoms with E-state index >= 15 is 0 Å². The van der Waals surface area contributed by atoms with Gasteiger partial charge in [-0.05, 0) is 46.9 Å². The second-order valence-corrected chi connectivity index (χ2v) is 9.06. The molecule has 3 aromatic rings. The molecule has 0 saturated carbocycles. The Labute approximate surface area is 199 Å². The van der Waals surface area contributed by atoms with Gasteiger partial charge in [0.15, 0.2) is 0 Å². The highest BCUT2D eigenvalue weighted by Crippen LogP contribution is 2.44. The van der Waals surface area contributed by atoms with E-state index in [1.807, 2.05) is 43.3 Å². The molecule has 1 aliphatic carbocycles. The van der Waals surface area contributed by atoms with Gasteiger partial charge < -0.3 is 14.5 Å². The highest BCUT2D eigenvalue weighted by atomic mass is 32.1. The topological polar surface area (TPSA) is 49.9 Å². The third kappa shape index (κ3) is 4.00. The summed E-state index contributed by atoms with van der Waals surface area (Å²) in [5, 5.41) is 0. The number of anilines is 1. The molecule has 0 N–H and O–H groups in total. The normalized spacial score (nSPS) is 15.2. The fourth-order valence-electron chi connectivity index (χ4n) is 4.84. The van der Waals surface area contributed by atoms with Crippen LogP contribution in [0.25, 0.3) is 11.1 Å². The van der Waals surface area contributed by atoms with Gasteiger partial charge in [-0.1, -0.05) is 48.5 Å². The second kappa shape index (κ2) is 8.94. The number of fused-ring (bicyclic) bond motifs is 3. The Balaban J connectivity index is 1.22. The number of hydrogen-bond donors (Lipinski definition) is 1. The maximum atomic E-state index is 12.8. The van der Waals surface area contributed by atoms with Crippen molar-refractivity contribution in [2.45, 2.75) is 17.7 Å². The van der Waals surface area contributed by atoms with Crippen molar-refractivity contribution in [2.75, 3.05) is 37.7 Å². The Hall–Kier alpha value is -3.25. The molecule has 5 nitrogen and oxygen atoms in total. The smallest absolute Gasteiger partial charge is 0.409 e. The molecule has 0 bridgehead atoms. The van der Waals surface area contributed by atoms with Crippen molar-refractivity contribution in [3.63, 3.8) is 0 Å². The minimum absolute atomic E-state index is 0.0609. The van der Waals surface area contributed by atoms with Gasteiger partial charge in [-0.15, -0.1) is 12.6 Å². The van der Waals surface area contributed by atoms with Crippen LogP contribution in [0.4, 0.5) is 10.5 Å². The van der Waals surface area contributed by atoms with Crippen LogP contribution in [-0.4, -0.2) is 50.1 Å². The first-order valence-electron chi connectivity index (χ1n) is 11.2. The number of hydrogen-bond acceptors (Lipinski definition) is 5. The lowest BCUT2D eigenvalue weighted by Crippen LogP contribution is -2.49. The number of thiol groups is 1. The number of ether oxygens (including phenoxy) is 1. The second-order valence-electron chi connectivity index (χ2n) is 8.58. The van der Waals surface area contributed by atoms with Crippen molar-refractivity contribution in [1.82, 2.24) is 4.90 Å².